The highest BCUT2D eigenvalue weighted by Gasteiger charge is 2.17. The van der Waals surface area contributed by atoms with Gasteiger partial charge in [0.2, 0.25) is 0 Å². The van der Waals surface area contributed by atoms with Gasteiger partial charge < -0.3 is 10.6 Å². The van der Waals surface area contributed by atoms with Crippen LogP contribution in [0.3, 0.4) is 0 Å². The smallest absolute Gasteiger partial charge is 0.265 e. The maximum atomic E-state index is 12.0. The van der Waals surface area contributed by atoms with E-state index in [-0.39, 0.29) is 5.91 Å². The second kappa shape index (κ2) is 5.65. The number of nitrogen functional groups attached to an aromatic ring is 1. The van der Waals surface area contributed by atoms with E-state index < -0.39 is 0 Å². The van der Waals surface area contributed by atoms with Gasteiger partial charge in [0, 0.05) is 13.6 Å². The third-order valence-electron chi connectivity index (χ3n) is 2.26. The summed E-state index contributed by atoms with van der Waals surface area (Å²) in [6.45, 7) is 6.18. The van der Waals surface area contributed by atoms with Gasteiger partial charge in [0.25, 0.3) is 5.91 Å². The molecule has 5 heteroatoms. The van der Waals surface area contributed by atoms with Gasteiger partial charge in [-0.15, -0.1) is 6.58 Å². The average Bonchev–Trinajstić information content (AvgIpc) is 2.57. The van der Waals surface area contributed by atoms with Crippen LogP contribution in [0.1, 0.15) is 28.2 Å². The fraction of sp³-hybridized carbons (Fsp3) is 0.455. The van der Waals surface area contributed by atoms with Gasteiger partial charge in [-0.05, 0) is 19.8 Å². The molecule has 0 aliphatic carbocycles. The summed E-state index contributed by atoms with van der Waals surface area (Å²) in [4.78, 5) is 18.4. The van der Waals surface area contributed by atoms with Crippen LogP contribution in [0.5, 0.6) is 0 Å². The number of allylic oxidation sites excluding steroid dienone is 1. The van der Waals surface area contributed by atoms with Crippen LogP contribution in [0.2, 0.25) is 0 Å². The van der Waals surface area contributed by atoms with Crippen molar-refractivity contribution >= 4 is 22.4 Å². The number of anilines is 1. The number of hydrogen-bond acceptors (Lipinski definition) is 4. The molecule has 0 saturated carbocycles. The molecular weight excluding hydrogens is 222 g/mol. The van der Waals surface area contributed by atoms with E-state index in [4.69, 9.17) is 5.73 Å². The van der Waals surface area contributed by atoms with E-state index in [1.54, 1.807) is 18.9 Å². The lowest BCUT2D eigenvalue weighted by atomic mass is 10.3. The highest BCUT2D eigenvalue weighted by molar-refractivity contribution is 7.17. The van der Waals surface area contributed by atoms with E-state index in [9.17, 15) is 4.79 Å². The largest absolute Gasteiger partial charge is 0.375 e. The second-order valence-corrected chi connectivity index (χ2v) is 4.65. The normalized spacial score (nSPS) is 10.1. The summed E-state index contributed by atoms with van der Waals surface area (Å²) in [5, 5.41) is 0.445. The lowest BCUT2D eigenvalue weighted by Crippen LogP contribution is -2.27. The Morgan fingerprint density at radius 1 is 1.69 bits per heavy atom. The maximum Gasteiger partial charge on any atom is 0.265 e. The van der Waals surface area contributed by atoms with Crippen molar-refractivity contribution in [3.8, 4) is 0 Å². The quantitative estimate of drug-likeness (QED) is 0.632. The summed E-state index contributed by atoms with van der Waals surface area (Å²) in [6.07, 6.45) is 3.70. The standard InChI is InChI=1S/C11H17N3OS/c1-4-5-6-7-14(3)10(15)9-8(2)13-11(12)16-9/h4H,1,5-7H2,2-3H3,(H2,12,13). The van der Waals surface area contributed by atoms with Crippen LogP contribution in [-0.2, 0) is 0 Å². The first-order valence-electron chi connectivity index (χ1n) is 5.15. The second-order valence-electron chi connectivity index (χ2n) is 3.62. The summed E-state index contributed by atoms with van der Waals surface area (Å²) in [5.41, 5.74) is 6.27. The molecule has 1 aromatic heterocycles. The molecule has 1 aromatic rings. The monoisotopic (exact) mass is 239 g/mol. The summed E-state index contributed by atoms with van der Waals surface area (Å²) in [6, 6.07) is 0. The van der Waals surface area contributed by atoms with Crippen LogP contribution < -0.4 is 5.73 Å². The van der Waals surface area contributed by atoms with Gasteiger partial charge >= 0.3 is 0 Å². The predicted octanol–water partition coefficient (Wildman–Crippen LogP) is 2.07. The SMILES string of the molecule is C=CCCCN(C)C(=O)c1sc(N)nc1C. The zero-order valence-corrected chi connectivity index (χ0v) is 10.5. The van der Waals surface area contributed by atoms with Crippen molar-refractivity contribution in [2.45, 2.75) is 19.8 Å². The number of aryl methyl sites for hydroxylation is 1. The summed E-state index contributed by atoms with van der Waals surface area (Å²) in [5.74, 6) is -0.00392. The molecule has 0 saturated heterocycles. The van der Waals surface area contributed by atoms with Gasteiger partial charge in [-0.2, -0.15) is 0 Å². The number of amides is 1. The fourth-order valence-corrected chi connectivity index (χ4v) is 2.19. The Hall–Kier alpha value is -1.36. The number of unbranched alkanes of at least 4 members (excludes halogenated alkanes) is 1. The molecule has 0 unspecified atom stereocenters. The number of nitrogens with two attached hydrogens (primary N) is 1. The molecule has 1 amide bonds. The molecule has 0 fully saturated rings. The van der Waals surface area contributed by atoms with Gasteiger partial charge in [-0.25, -0.2) is 4.98 Å². The molecule has 0 spiro atoms. The Morgan fingerprint density at radius 3 is 2.88 bits per heavy atom. The number of hydrogen-bond donors (Lipinski definition) is 1. The molecule has 4 nitrogen and oxygen atoms in total. The lowest BCUT2D eigenvalue weighted by molar-refractivity contribution is 0.0797. The minimum atomic E-state index is -0.00392. The molecule has 0 bridgehead atoms. The molecule has 0 aliphatic rings. The van der Waals surface area contributed by atoms with E-state index in [2.05, 4.69) is 11.6 Å². The Bertz CT molecular complexity index is 387. The first-order chi connectivity index (χ1) is 7.56. The average molecular weight is 239 g/mol. The highest BCUT2D eigenvalue weighted by atomic mass is 32.1. The summed E-state index contributed by atoms with van der Waals surface area (Å²) < 4.78 is 0. The van der Waals surface area contributed by atoms with Crippen LogP contribution in [0.4, 0.5) is 5.13 Å². The van der Waals surface area contributed by atoms with Crippen LogP contribution in [0.25, 0.3) is 0 Å². The Kier molecular flexibility index (Phi) is 4.49. The first-order valence-corrected chi connectivity index (χ1v) is 5.97. The van der Waals surface area contributed by atoms with Crippen molar-refractivity contribution in [3.63, 3.8) is 0 Å². The van der Waals surface area contributed by atoms with E-state index in [0.29, 0.717) is 15.7 Å². The fourth-order valence-electron chi connectivity index (χ4n) is 1.36. The number of thiazole rings is 1. The number of carbonyl (C=O) groups is 1. The summed E-state index contributed by atoms with van der Waals surface area (Å²) in [7, 11) is 1.79. The highest BCUT2D eigenvalue weighted by Crippen LogP contribution is 2.21. The molecule has 0 atom stereocenters. The molecule has 16 heavy (non-hydrogen) atoms. The van der Waals surface area contributed by atoms with E-state index >= 15 is 0 Å². The lowest BCUT2D eigenvalue weighted by Gasteiger charge is -2.15. The zero-order valence-electron chi connectivity index (χ0n) is 9.69. The van der Waals surface area contributed by atoms with Crippen molar-refractivity contribution < 1.29 is 4.79 Å². The van der Waals surface area contributed by atoms with Gasteiger partial charge in [-0.1, -0.05) is 17.4 Å². The Labute approximate surface area is 99.8 Å². The molecule has 2 N–H and O–H groups in total. The molecule has 1 rings (SSSR count). The van der Waals surface area contributed by atoms with E-state index in [1.165, 1.54) is 11.3 Å². The topological polar surface area (TPSA) is 59.2 Å². The van der Waals surface area contributed by atoms with Crippen LogP contribution in [0, 0.1) is 6.92 Å². The molecule has 1 heterocycles. The molecular formula is C11H17N3OS. The first kappa shape index (κ1) is 12.7. The zero-order chi connectivity index (χ0) is 12.1. The number of rotatable bonds is 5. The number of carbonyl (C=O) groups excluding carboxylic acids is 1. The Morgan fingerprint density at radius 2 is 2.38 bits per heavy atom. The molecule has 0 aliphatic heterocycles. The molecule has 0 aromatic carbocycles. The van der Waals surface area contributed by atoms with Gasteiger partial charge in [0.1, 0.15) is 4.88 Å². The predicted molar refractivity (Wildman–Crippen MR) is 67.7 cm³/mol. The van der Waals surface area contributed by atoms with Crippen LogP contribution in [-0.4, -0.2) is 29.4 Å². The molecule has 0 radical (unpaired) electrons. The van der Waals surface area contributed by atoms with Gasteiger partial charge in [0.15, 0.2) is 5.13 Å². The van der Waals surface area contributed by atoms with Gasteiger partial charge in [-0.3, -0.25) is 4.79 Å². The minimum absolute atomic E-state index is 0.00392. The Balaban J connectivity index is 2.63. The maximum absolute atomic E-state index is 12.0. The molecule has 88 valence electrons. The third kappa shape index (κ3) is 3.06. The van der Waals surface area contributed by atoms with Crippen molar-refractivity contribution in [1.82, 2.24) is 9.88 Å². The number of nitrogens with zero attached hydrogens (tertiary/aromatic N) is 2. The van der Waals surface area contributed by atoms with E-state index in [1.807, 2.05) is 6.08 Å². The minimum Gasteiger partial charge on any atom is -0.375 e. The summed E-state index contributed by atoms with van der Waals surface area (Å²) >= 11 is 1.25. The van der Waals surface area contributed by atoms with E-state index in [0.717, 1.165) is 19.4 Å². The van der Waals surface area contributed by atoms with Gasteiger partial charge in [0.05, 0.1) is 5.69 Å². The van der Waals surface area contributed by atoms with Crippen molar-refractivity contribution in [2.75, 3.05) is 19.3 Å². The van der Waals surface area contributed by atoms with Crippen molar-refractivity contribution in [1.29, 1.82) is 0 Å². The van der Waals surface area contributed by atoms with Crippen molar-refractivity contribution in [3.05, 3.63) is 23.2 Å². The van der Waals surface area contributed by atoms with Crippen molar-refractivity contribution in [2.24, 2.45) is 0 Å². The van der Waals surface area contributed by atoms with Crippen LogP contribution in [0.15, 0.2) is 12.7 Å². The van der Waals surface area contributed by atoms with Crippen LogP contribution >= 0.6 is 11.3 Å². The third-order valence-corrected chi connectivity index (χ3v) is 3.23. The number of aromatic nitrogens is 1.